The first-order valence-electron chi connectivity index (χ1n) is 8.95. The zero-order chi connectivity index (χ0) is 17.5. The number of carbonyl (C=O) groups is 1. The molecule has 1 N–H and O–H groups in total. The van der Waals surface area contributed by atoms with Gasteiger partial charge in [-0.2, -0.15) is 0 Å². The van der Waals surface area contributed by atoms with E-state index in [0.717, 1.165) is 19.6 Å². The monoisotopic (exact) mass is 349 g/mol. The van der Waals surface area contributed by atoms with Gasteiger partial charge in [-0.05, 0) is 19.1 Å². The summed E-state index contributed by atoms with van der Waals surface area (Å²) in [6.45, 7) is 8.49. The lowest BCUT2D eigenvalue weighted by Gasteiger charge is -2.37. The number of hydrogen-bond acceptors (Lipinski definition) is 5. The van der Waals surface area contributed by atoms with Crippen LogP contribution in [0.3, 0.4) is 0 Å². The Morgan fingerprint density at radius 2 is 2.04 bits per heavy atom. The summed E-state index contributed by atoms with van der Waals surface area (Å²) in [5, 5.41) is 2.96. The molecule has 2 aliphatic heterocycles. The van der Waals surface area contributed by atoms with Crippen LogP contribution in [0.1, 0.15) is 6.92 Å². The summed E-state index contributed by atoms with van der Waals surface area (Å²) in [6, 6.07) is 7.44. The Balaban J connectivity index is 1.47. The van der Waals surface area contributed by atoms with Crippen LogP contribution in [0, 0.1) is 0 Å². The molecule has 0 radical (unpaired) electrons. The van der Waals surface area contributed by atoms with Crippen molar-refractivity contribution in [2.75, 3.05) is 64.5 Å². The van der Waals surface area contributed by atoms with Crippen LogP contribution >= 0.6 is 0 Å². The predicted molar refractivity (Wildman–Crippen MR) is 95.2 cm³/mol. The van der Waals surface area contributed by atoms with E-state index < -0.39 is 0 Å². The molecule has 25 heavy (non-hydrogen) atoms. The summed E-state index contributed by atoms with van der Waals surface area (Å²) >= 11 is 0. The molecule has 1 aromatic carbocycles. The molecule has 2 amide bonds. The minimum atomic E-state index is -0.0796. The molecule has 138 valence electrons. The highest BCUT2D eigenvalue weighted by molar-refractivity contribution is 5.91. The number of nitrogens with zero attached hydrogens (tertiary/aromatic N) is 2. The average molecular weight is 349 g/mol. The molecule has 3 rings (SSSR count). The van der Waals surface area contributed by atoms with Gasteiger partial charge in [-0.25, -0.2) is 4.79 Å². The van der Waals surface area contributed by atoms with E-state index in [1.54, 1.807) is 0 Å². The van der Waals surface area contributed by atoms with Crippen molar-refractivity contribution >= 4 is 11.7 Å². The van der Waals surface area contributed by atoms with Crippen LogP contribution in [0.25, 0.3) is 0 Å². The van der Waals surface area contributed by atoms with Gasteiger partial charge in [0.25, 0.3) is 0 Å². The maximum absolute atomic E-state index is 12.5. The lowest BCUT2D eigenvalue weighted by atomic mass is 10.2. The maximum atomic E-state index is 12.5. The smallest absolute Gasteiger partial charge is 0.322 e. The van der Waals surface area contributed by atoms with Gasteiger partial charge in [-0.3, -0.25) is 4.90 Å². The number of urea groups is 1. The molecular formula is C18H27N3O4. The topological polar surface area (TPSA) is 63.3 Å². The molecule has 2 fully saturated rings. The zero-order valence-electron chi connectivity index (χ0n) is 14.8. The fourth-order valence-electron chi connectivity index (χ4n) is 3.11. The van der Waals surface area contributed by atoms with E-state index in [-0.39, 0.29) is 12.1 Å². The van der Waals surface area contributed by atoms with Crippen molar-refractivity contribution in [2.24, 2.45) is 0 Å². The van der Waals surface area contributed by atoms with Gasteiger partial charge in [0.1, 0.15) is 5.75 Å². The van der Waals surface area contributed by atoms with Gasteiger partial charge in [0.2, 0.25) is 0 Å². The van der Waals surface area contributed by atoms with Gasteiger partial charge in [-0.15, -0.1) is 0 Å². The Kier molecular flexibility index (Phi) is 6.49. The van der Waals surface area contributed by atoms with E-state index in [1.807, 2.05) is 36.1 Å². The summed E-state index contributed by atoms with van der Waals surface area (Å²) in [5.74, 6) is 0.700. The number of hydrogen-bond donors (Lipinski definition) is 1. The molecule has 0 aliphatic carbocycles. The number of amides is 2. The molecule has 1 atom stereocenters. The molecule has 2 saturated heterocycles. The summed E-state index contributed by atoms with van der Waals surface area (Å²) in [4.78, 5) is 16.7. The van der Waals surface area contributed by atoms with E-state index >= 15 is 0 Å². The van der Waals surface area contributed by atoms with Crippen molar-refractivity contribution in [3.63, 3.8) is 0 Å². The minimum Gasteiger partial charge on any atom is -0.492 e. The first-order chi connectivity index (χ1) is 12.3. The average Bonchev–Trinajstić information content (AvgIpc) is 2.65. The van der Waals surface area contributed by atoms with E-state index in [1.165, 1.54) is 0 Å². The molecule has 7 heteroatoms. The lowest BCUT2D eigenvalue weighted by molar-refractivity contribution is -0.0992. The Bertz CT molecular complexity index is 555. The number of ether oxygens (including phenoxy) is 3. The quantitative estimate of drug-likeness (QED) is 0.876. The Morgan fingerprint density at radius 1 is 1.24 bits per heavy atom. The molecule has 0 unspecified atom stereocenters. The van der Waals surface area contributed by atoms with Crippen molar-refractivity contribution < 1.29 is 19.0 Å². The van der Waals surface area contributed by atoms with Crippen molar-refractivity contribution in [1.29, 1.82) is 0 Å². The molecule has 1 aromatic rings. The van der Waals surface area contributed by atoms with Crippen LogP contribution in [0.5, 0.6) is 5.75 Å². The normalized spacial score (nSPS) is 21.8. The van der Waals surface area contributed by atoms with Gasteiger partial charge in [0.15, 0.2) is 0 Å². The van der Waals surface area contributed by atoms with Crippen LogP contribution in [-0.4, -0.2) is 81.1 Å². The van der Waals surface area contributed by atoms with Crippen LogP contribution in [0.2, 0.25) is 0 Å². The molecule has 0 spiro atoms. The Morgan fingerprint density at radius 3 is 2.76 bits per heavy atom. The van der Waals surface area contributed by atoms with Crippen LogP contribution in [0.15, 0.2) is 24.3 Å². The highest BCUT2D eigenvalue weighted by Gasteiger charge is 2.25. The predicted octanol–water partition coefficient (Wildman–Crippen LogP) is 1.65. The number of nitrogens with one attached hydrogen (secondary N) is 1. The van der Waals surface area contributed by atoms with Crippen molar-refractivity contribution in [2.45, 2.75) is 13.0 Å². The van der Waals surface area contributed by atoms with Gasteiger partial charge in [0.05, 0.1) is 38.2 Å². The van der Waals surface area contributed by atoms with E-state index in [2.05, 4.69) is 10.2 Å². The lowest BCUT2D eigenvalue weighted by Crippen LogP contribution is -2.52. The van der Waals surface area contributed by atoms with Crippen molar-refractivity contribution in [1.82, 2.24) is 9.80 Å². The Hall–Kier alpha value is -1.83. The zero-order valence-corrected chi connectivity index (χ0v) is 14.8. The number of anilines is 1. The molecule has 0 aromatic heterocycles. The van der Waals surface area contributed by atoms with Crippen LogP contribution < -0.4 is 10.1 Å². The molecule has 0 bridgehead atoms. The van der Waals surface area contributed by atoms with Crippen molar-refractivity contribution in [3.05, 3.63) is 24.3 Å². The van der Waals surface area contributed by atoms with E-state index in [4.69, 9.17) is 14.2 Å². The highest BCUT2D eigenvalue weighted by Crippen LogP contribution is 2.24. The fourth-order valence-corrected chi connectivity index (χ4v) is 3.11. The maximum Gasteiger partial charge on any atom is 0.322 e. The van der Waals surface area contributed by atoms with Crippen LogP contribution in [0.4, 0.5) is 10.5 Å². The number of piperazine rings is 1. The largest absolute Gasteiger partial charge is 0.492 e. The molecule has 7 nitrogen and oxygen atoms in total. The second kappa shape index (κ2) is 9.03. The fraction of sp³-hybridized carbons (Fsp3) is 0.611. The SMILES string of the molecule is CCOc1ccccc1NC(=O)N1CCN(C[C@@H]2COCCO2)CC1. The van der Waals surface area contributed by atoms with Gasteiger partial charge < -0.3 is 24.4 Å². The number of benzene rings is 1. The van der Waals surface area contributed by atoms with Crippen LogP contribution in [-0.2, 0) is 9.47 Å². The second-order valence-corrected chi connectivity index (χ2v) is 6.21. The number of para-hydroxylation sites is 2. The summed E-state index contributed by atoms with van der Waals surface area (Å²) in [7, 11) is 0. The number of rotatable bonds is 5. The first kappa shape index (κ1) is 18.0. The standard InChI is InChI=1S/C18H27N3O4/c1-2-24-17-6-4-3-5-16(17)19-18(22)21-9-7-20(8-10-21)13-15-14-23-11-12-25-15/h3-6,15H,2,7-14H2,1H3,(H,19,22)/t15-/m1/s1. The third-order valence-electron chi connectivity index (χ3n) is 4.43. The second-order valence-electron chi connectivity index (χ2n) is 6.21. The first-order valence-corrected chi connectivity index (χ1v) is 8.95. The third-order valence-corrected chi connectivity index (χ3v) is 4.43. The summed E-state index contributed by atoms with van der Waals surface area (Å²) in [5.41, 5.74) is 0.713. The van der Waals surface area contributed by atoms with Crippen molar-refractivity contribution in [3.8, 4) is 5.75 Å². The molecule has 2 heterocycles. The third kappa shape index (κ3) is 5.07. The number of carbonyl (C=O) groups excluding carboxylic acids is 1. The molecular weight excluding hydrogens is 322 g/mol. The van der Waals surface area contributed by atoms with Gasteiger partial charge in [-0.1, -0.05) is 12.1 Å². The molecule has 0 saturated carbocycles. The van der Waals surface area contributed by atoms with E-state index in [9.17, 15) is 4.79 Å². The summed E-state index contributed by atoms with van der Waals surface area (Å²) in [6.07, 6.45) is 0.146. The summed E-state index contributed by atoms with van der Waals surface area (Å²) < 4.78 is 16.7. The minimum absolute atomic E-state index is 0.0796. The van der Waals surface area contributed by atoms with Gasteiger partial charge in [0, 0.05) is 32.7 Å². The Labute approximate surface area is 148 Å². The van der Waals surface area contributed by atoms with E-state index in [0.29, 0.717) is 51.0 Å². The molecule has 2 aliphatic rings. The van der Waals surface area contributed by atoms with Gasteiger partial charge >= 0.3 is 6.03 Å². The highest BCUT2D eigenvalue weighted by atomic mass is 16.6.